The molecule has 2 atom stereocenters. The van der Waals surface area contributed by atoms with Crippen molar-refractivity contribution in [2.24, 2.45) is 16.6 Å². The smallest absolute Gasteiger partial charge is 0.251 e. The topological polar surface area (TPSA) is 87.8 Å². The highest BCUT2D eigenvalue weighted by atomic mass is 19.1. The maximum absolute atomic E-state index is 14.3. The second-order valence-electron chi connectivity index (χ2n) is 9.18. The minimum atomic E-state index is -0.551. The van der Waals surface area contributed by atoms with E-state index in [4.69, 9.17) is 5.73 Å². The molecule has 0 saturated heterocycles. The maximum Gasteiger partial charge on any atom is 0.251 e. The van der Waals surface area contributed by atoms with Crippen molar-refractivity contribution in [3.63, 3.8) is 0 Å². The summed E-state index contributed by atoms with van der Waals surface area (Å²) < 4.78 is 14.3. The van der Waals surface area contributed by atoms with Gasteiger partial charge in [-0.05, 0) is 55.5 Å². The molecule has 170 valence electrons. The highest BCUT2D eigenvalue weighted by Gasteiger charge is 2.36. The van der Waals surface area contributed by atoms with Crippen LogP contribution in [0.3, 0.4) is 0 Å². The van der Waals surface area contributed by atoms with Crippen molar-refractivity contribution in [3.05, 3.63) is 71.0 Å². The summed E-state index contributed by atoms with van der Waals surface area (Å²) in [7, 11) is 0. The minimum Gasteiger partial charge on any atom is -0.369 e. The standard InChI is InChI=1S/C25H31FN4O2/c1-16(2)13-25(4)14-22(31)30(24(27)29-25)15-18-10-20(12-21(26)11-18)23(32)28-17(3)19-8-6-5-7-9-19/h5-12,16-17H,13-15H2,1-4H3,(H2,27,29)(H,28,32). The molecule has 7 heteroatoms. The van der Waals surface area contributed by atoms with E-state index in [-0.39, 0.29) is 36.4 Å². The number of hydrogen-bond donors (Lipinski definition) is 2. The van der Waals surface area contributed by atoms with E-state index < -0.39 is 17.3 Å². The molecule has 0 radical (unpaired) electrons. The molecule has 2 unspecified atom stereocenters. The number of carbonyl (C=O) groups is 2. The fourth-order valence-electron chi connectivity index (χ4n) is 4.25. The van der Waals surface area contributed by atoms with Crippen LogP contribution in [0.15, 0.2) is 53.5 Å². The minimum absolute atomic E-state index is 0.0538. The van der Waals surface area contributed by atoms with E-state index in [9.17, 15) is 14.0 Å². The summed E-state index contributed by atoms with van der Waals surface area (Å²) in [5.41, 5.74) is 7.19. The molecule has 3 N–H and O–H groups in total. The number of rotatable bonds is 7. The Hall–Kier alpha value is -3.22. The zero-order chi connectivity index (χ0) is 23.5. The molecule has 0 aromatic heterocycles. The van der Waals surface area contributed by atoms with E-state index in [0.717, 1.165) is 12.0 Å². The third-order valence-electron chi connectivity index (χ3n) is 5.55. The summed E-state index contributed by atoms with van der Waals surface area (Å²) in [5, 5.41) is 2.88. The Morgan fingerprint density at radius 3 is 2.53 bits per heavy atom. The summed E-state index contributed by atoms with van der Waals surface area (Å²) in [6.45, 7) is 7.99. The van der Waals surface area contributed by atoms with Crippen LogP contribution < -0.4 is 11.1 Å². The van der Waals surface area contributed by atoms with E-state index in [2.05, 4.69) is 24.2 Å². The number of aliphatic imine (C=N–C) groups is 1. The number of nitrogens with one attached hydrogen (secondary N) is 1. The van der Waals surface area contributed by atoms with Crippen LogP contribution in [0.5, 0.6) is 0 Å². The molecule has 32 heavy (non-hydrogen) atoms. The SMILES string of the molecule is CC(C)CC1(C)CC(=O)N(Cc2cc(F)cc(C(=O)NC(C)c3ccccc3)c2)C(N)=N1. The monoisotopic (exact) mass is 438 g/mol. The zero-order valence-corrected chi connectivity index (χ0v) is 19.1. The van der Waals surface area contributed by atoms with Gasteiger partial charge in [0.2, 0.25) is 5.91 Å². The average Bonchev–Trinajstić information content (AvgIpc) is 2.70. The first-order chi connectivity index (χ1) is 15.1. The molecule has 0 bridgehead atoms. The molecule has 6 nitrogen and oxygen atoms in total. The third-order valence-corrected chi connectivity index (χ3v) is 5.55. The second kappa shape index (κ2) is 9.51. The zero-order valence-electron chi connectivity index (χ0n) is 19.1. The van der Waals surface area contributed by atoms with Gasteiger partial charge in [-0.15, -0.1) is 0 Å². The van der Waals surface area contributed by atoms with Gasteiger partial charge < -0.3 is 11.1 Å². The van der Waals surface area contributed by atoms with E-state index in [1.54, 1.807) is 6.07 Å². The fraction of sp³-hybridized carbons (Fsp3) is 0.400. The molecule has 3 rings (SSSR count). The van der Waals surface area contributed by atoms with Crippen molar-refractivity contribution in [1.82, 2.24) is 10.2 Å². The van der Waals surface area contributed by atoms with Crippen LogP contribution in [0.25, 0.3) is 0 Å². The molecule has 0 saturated carbocycles. The van der Waals surface area contributed by atoms with Gasteiger partial charge in [-0.25, -0.2) is 9.38 Å². The lowest BCUT2D eigenvalue weighted by atomic mass is 9.87. The molecule has 0 spiro atoms. The number of carbonyl (C=O) groups excluding carboxylic acids is 2. The first-order valence-corrected chi connectivity index (χ1v) is 10.9. The van der Waals surface area contributed by atoms with Gasteiger partial charge >= 0.3 is 0 Å². The van der Waals surface area contributed by atoms with Gasteiger partial charge in [0, 0.05) is 5.56 Å². The molecular weight excluding hydrogens is 407 g/mol. The Morgan fingerprint density at radius 2 is 1.91 bits per heavy atom. The van der Waals surface area contributed by atoms with Crippen molar-refractivity contribution >= 4 is 17.8 Å². The van der Waals surface area contributed by atoms with Crippen molar-refractivity contribution in [1.29, 1.82) is 0 Å². The number of amides is 2. The summed E-state index contributed by atoms with van der Waals surface area (Å²) in [5.74, 6) is -0.604. The van der Waals surface area contributed by atoms with Crippen LogP contribution >= 0.6 is 0 Å². The molecule has 0 aliphatic carbocycles. The molecule has 1 aliphatic rings. The molecule has 2 aromatic rings. The van der Waals surface area contributed by atoms with Gasteiger partial charge in [0.15, 0.2) is 5.96 Å². The molecule has 2 aromatic carbocycles. The van der Waals surface area contributed by atoms with Gasteiger partial charge in [0.25, 0.3) is 5.91 Å². The fourth-order valence-corrected chi connectivity index (χ4v) is 4.25. The molecule has 2 amide bonds. The van der Waals surface area contributed by atoms with Gasteiger partial charge in [0.1, 0.15) is 5.82 Å². The van der Waals surface area contributed by atoms with E-state index in [1.165, 1.54) is 17.0 Å². The van der Waals surface area contributed by atoms with Crippen LogP contribution in [0.1, 0.15) is 68.1 Å². The molecule has 1 aliphatic heterocycles. The average molecular weight is 439 g/mol. The largest absolute Gasteiger partial charge is 0.369 e. The predicted molar refractivity (Wildman–Crippen MR) is 123 cm³/mol. The number of halogens is 1. The van der Waals surface area contributed by atoms with Crippen LogP contribution in [-0.2, 0) is 11.3 Å². The molecular formula is C25H31FN4O2. The van der Waals surface area contributed by atoms with Crippen LogP contribution in [0.2, 0.25) is 0 Å². The van der Waals surface area contributed by atoms with Crippen molar-refractivity contribution in [3.8, 4) is 0 Å². The predicted octanol–water partition coefficient (Wildman–Crippen LogP) is 4.17. The Balaban J connectivity index is 1.76. The lowest BCUT2D eigenvalue weighted by molar-refractivity contribution is -0.130. The van der Waals surface area contributed by atoms with E-state index >= 15 is 0 Å². The molecule has 0 fully saturated rings. The quantitative estimate of drug-likeness (QED) is 0.680. The Bertz CT molecular complexity index is 1020. The number of hydrogen-bond acceptors (Lipinski definition) is 4. The van der Waals surface area contributed by atoms with Crippen molar-refractivity contribution in [2.75, 3.05) is 0 Å². The Kier molecular flexibility index (Phi) is 6.96. The third kappa shape index (κ3) is 5.72. The summed E-state index contributed by atoms with van der Waals surface area (Å²) >= 11 is 0. The first-order valence-electron chi connectivity index (χ1n) is 10.9. The second-order valence-corrected chi connectivity index (χ2v) is 9.18. The van der Waals surface area contributed by atoms with Gasteiger partial charge in [-0.1, -0.05) is 44.2 Å². The highest BCUT2D eigenvalue weighted by molar-refractivity contribution is 5.99. The molecule has 1 heterocycles. The van der Waals surface area contributed by atoms with Crippen LogP contribution in [0, 0.1) is 11.7 Å². The Labute approximate surface area is 188 Å². The van der Waals surface area contributed by atoms with Crippen molar-refractivity contribution < 1.29 is 14.0 Å². The highest BCUT2D eigenvalue weighted by Crippen LogP contribution is 2.29. The summed E-state index contributed by atoms with van der Waals surface area (Å²) in [6.07, 6.45) is 0.986. The van der Waals surface area contributed by atoms with E-state index in [0.29, 0.717) is 11.5 Å². The van der Waals surface area contributed by atoms with Crippen molar-refractivity contribution in [2.45, 2.75) is 58.7 Å². The number of guanidine groups is 1. The first kappa shape index (κ1) is 23.4. The lowest BCUT2D eigenvalue weighted by Gasteiger charge is -2.36. The van der Waals surface area contributed by atoms with E-state index in [1.807, 2.05) is 44.2 Å². The maximum atomic E-state index is 14.3. The normalized spacial score (nSPS) is 19.6. The van der Waals surface area contributed by atoms with Crippen LogP contribution in [-0.4, -0.2) is 28.2 Å². The Morgan fingerprint density at radius 1 is 1.22 bits per heavy atom. The lowest BCUT2D eigenvalue weighted by Crippen LogP contribution is -2.50. The van der Waals surface area contributed by atoms with Gasteiger partial charge in [-0.2, -0.15) is 0 Å². The summed E-state index contributed by atoms with van der Waals surface area (Å²) in [4.78, 5) is 31.5. The number of benzene rings is 2. The van der Waals surface area contributed by atoms with Crippen LogP contribution in [0.4, 0.5) is 4.39 Å². The van der Waals surface area contributed by atoms with Gasteiger partial charge in [0.05, 0.1) is 24.5 Å². The number of nitrogens with zero attached hydrogens (tertiary/aromatic N) is 2. The number of nitrogens with two attached hydrogens (primary N) is 1. The summed E-state index contributed by atoms with van der Waals surface area (Å²) in [6, 6.07) is 13.4. The van der Waals surface area contributed by atoms with Gasteiger partial charge in [-0.3, -0.25) is 14.5 Å².